The number of aromatic hydroxyl groups is 1. The molecule has 1 amide bonds. The van der Waals surface area contributed by atoms with Gasteiger partial charge in [0, 0.05) is 24.5 Å². The minimum absolute atomic E-state index is 0.0498. The van der Waals surface area contributed by atoms with Gasteiger partial charge in [0.05, 0.1) is 0 Å². The Morgan fingerprint density at radius 3 is 2.69 bits per heavy atom. The molecule has 0 atom stereocenters. The third kappa shape index (κ3) is 2.89. The summed E-state index contributed by atoms with van der Waals surface area (Å²) in [6.07, 6.45) is 0. The number of aryl methyl sites for hydroxylation is 1. The summed E-state index contributed by atoms with van der Waals surface area (Å²) < 4.78 is 0. The highest BCUT2D eigenvalue weighted by molar-refractivity contribution is 6.18. The SMILES string of the molecule is CCN(CCCl)C(=O)c1ccc(O)c(C)c1. The molecule has 0 aliphatic carbocycles. The predicted molar refractivity (Wildman–Crippen MR) is 65.1 cm³/mol. The first kappa shape index (κ1) is 12.8. The fourth-order valence-electron chi connectivity index (χ4n) is 1.48. The molecule has 0 unspecified atom stereocenters. The highest BCUT2D eigenvalue weighted by Crippen LogP contribution is 2.18. The largest absolute Gasteiger partial charge is 0.508 e. The summed E-state index contributed by atoms with van der Waals surface area (Å²) in [4.78, 5) is 13.7. The zero-order valence-electron chi connectivity index (χ0n) is 9.53. The first-order valence-electron chi connectivity index (χ1n) is 5.25. The lowest BCUT2D eigenvalue weighted by molar-refractivity contribution is 0.0774. The van der Waals surface area contributed by atoms with Crippen LogP contribution in [0, 0.1) is 6.92 Å². The van der Waals surface area contributed by atoms with Crippen LogP contribution < -0.4 is 0 Å². The molecule has 0 heterocycles. The fraction of sp³-hybridized carbons (Fsp3) is 0.417. The van der Waals surface area contributed by atoms with Gasteiger partial charge in [-0.2, -0.15) is 0 Å². The van der Waals surface area contributed by atoms with Gasteiger partial charge in [0.2, 0.25) is 0 Å². The Bertz CT molecular complexity index is 379. The second-order valence-electron chi connectivity index (χ2n) is 3.58. The zero-order chi connectivity index (χ0) is 12.1. The summed E-state index contributed by atoms with van der Waals surface area (Å²) in [6.45, 7) is 4.85. The maximum Gasteiger partial charge on any atom is 0.253 e. The van der Waals surface area contributed by atoms with E-state index in [0.29, 0.717) is 30.1 Å². The van der Waals surface area contributed by atoms with Crippen molar-refractivity contribution in [2.24, 2.45) is 0 Å². The average molecular weight is 242 g/mol. The Morgan fingerprint density at radius 2 is 2.19 bits per heavy atom. The Morgan fingerprint density at radius 1 is 1.50 bits per heavy atom. The summed E-state index contributed by atoms with van der Waals surface area (Å²) in [5, 5.41) is 9.38. The van der Waals surface area contributed by atoms with E-state index in [2.05, 4.69) is 0 Å². The molecule has 1 rings (SSSR count). The van der Waals surface area contributed by atoms with Gasteiger partial charge < -0.3 is 10.0 Å². The summed E-state index contributed by atoms with van der Waals surface area (Å²) in [5.41, 5.74) is 1.29. The van der Waals surface area contributed by atoms with Crippen LogP contribution in [0.1, 0.15) is 22.8 Å². The molecule has 1 N–H and O–H groups in total. The number of carbonyl (C=O) groups is 1. The van der Waals surface area contributed by atoms with Gasteiger partial charge in [0.25, 0.3) is 5.91 Å². The molecule has 16 heavy (non-hydrogen) atoms. The summed E-state index contributed by atoms with van der Waals surface area (Å²) >= 11 is 5.63. The van der Waals surface area contributed by atoms with E-state index in [4.69, 9.17) is 11.6 Å². The van der Waals surface area contributed by atoms with Crippen molar-refractivity contribution in [2.75, 3.05) is 19.0 Å². The molecule has 0 bridgehead atoms. The molecule has 0 aromatic heterocycles. The standard InChI is InChI=1S/C12H16ClNO2/c1-3-14(7-6-13)12(16)10-4-5-11(15)9(2)8-10/h4-5,8,15H,3,6-7H2,1-2H3. The van der Waals surface area contributed by atoms with E-state index in [1.165, 1.54) is 6.07 Å². The van der Waals surface area contributed by atoms with Crippen LogP contribution in [0.5, 0.6) is 5.75 Å². The number of amides is 1. The summed E-state index contributed by atoms with van der Waals surface area (Å²) in [7, 11) is 0. The number of nitrogens with zero attached hydrogens (tertiary/aromatic N) is 1. The molecule has 0 radical (unpaired) electrons. The van der Waals surface area contributed by atoms with Gasteiger partial charge in [0.1, 0.15) is 5.75 Å². The van der Waals surface area contributed by atoms with Crippen LogP contribution in [0.25, 0.3) is 0 Å². The van der Waals surface area contributed by atoms with Crippen molar-refractivity contribution in [2.45, 2.75) is 13.8 Å². The van der Waals surface area contributed by atoms with Gasteiger partial charge in [-0.3, -0.25) is 4.79 Å². The Balaban J connectivity index is 2.90. The Hall–Kier alpha value is -1.22. The molecular formula is C12H16ClNO2. The number of phenols is 1. The molecule has 4 heteroatoms. The summed E-state index contributed by atoms with van der Waals surface area (Å²) in [5.74, 6) is 0.583. The molecule has 0 spiro atoms. The van der Waals surface area contributed by atoms with Gasteiger partial charge in [-0.15, -0.1) is 11.6 Å². The highest BCUT2D eigenvalue weighted by Gasteiger charge is 2.14. The highest BCUT2D eigenvalue weighted by atomic mass is 35.5. The van der Waals surface area contributed by atoms with Gasteiger partial charge in [-0.25, -0.2) is 0 Å². The normalized spacial score (nSPS) is 10.2. The Kier molecular flexibility index (Phi) is 4.62. The number of rotatable bonds is 4. The van der Waals surface area contributed by atoms with Crippen LogP contribution in [0.4, 0.5) is 0 Å². The van der Waals surface area contributed by atoms with Gasteiger partial charge >= 0.3 is 0 Å². The molecule has 0 aliphatic heterocycles. The van der Waals surface area contributed by atoms with E-state index >= 15 is 0 Å². The van der Waals surface area contributed by atoms with Crippen molar-refractivity contribution < 1.29 is 9.90 Å². The molecule has 0 aliphatic rings. The first-order chi connectivity index (χ1) is 7.60. The summed E-state index contributed by atoms with van der Waals surface area (Å²) in [6, 6.07) is 4.85. The maximum atomic E-state index is 12.0. The van der Waals surface area contributed by atoms with E-state index in [1.807, 2.05) is 6.92 Å². The van der Waals surface area contributed by atoms with Crippen molar-refractivity contribution in [3.63, 3.8) is 0 Å². The number of alkyl halides is 1. The van der Waals surface area contributed by atoms with Crippen molar-refractivity contribution in [1.82, 2.24) is 4.90 Å². The van der Waals surface area contributed by atoms with Crippen LogP contribution in [-0.2, 0) is 0 Å². The third-order valence-electron chi connectivity index (χ3n) is 2.47. The van der Waals surface area contributed by atoms with Gasteiger partial charge in [-0.05, 0) is 37.6 Å². The van der Waals surface area contributed by atoms with Crippen LogP contribution in [0.2, 0.25) is 0 Å². The molecular weight excluding hydrogens is 226 g/mol. The minimum atomic E-state index is -0.0498. The smallest absolute Gasteiger partial charge is 0.253 e. The van der Waals surface area contributed by atoms with Gasteiger partial charge in [0.15, 0.2) is 0 Å². The van der Waals surface area contributed by atoms with Crippen LogP contribution >= 0.6 is 11.6 Å². The van der Waals surface area contributed by atoms with Crippen molar-refractivity contribution >= 4 is 17.5 Å². The topological polar surface area (TPSA) is 40.5 Å². The fourth-order valence-corrected chi connectivity index (χ4v) is 1.68. The van der Waals surface area contributed by atoms with E-state index in [-0.39, 0.29) is 11.7 Å². The second-order valence-corrected chi connectivity index (χ2v) is 3.95. The van der Waals surface area contributed by atoms with Crippen molar-refractivity contribution in [3.05, 3.63) is 29.3 Å². The lowest BCUT2D eigenvalue weighted by Crippen LogP contribution is -2.32. The van der Waals surface area contributed by atoms with E-state index in [1.54, 1.807) is 24.0 Å². The average Bonchev–Trinajstić information content (AvgIpc) is 2.28. The van der Waals surface area contributed by atoms with Crippen LogP contribution in [-0.4, -0.2) is 34.9 Å². The molecule has 88 valence electrons. The van der Waals surface area contributed by atoms with Crippen molar-refractivity contribution in [1.29, 1.82) is 0 Å². The lowest BCUT2D eigenvalue weighted by Gasteiger charge is -2.19. The van der Waals surface area contributed by atoms with E-state index in [0.717, 1.165) is 0 Å². The number of hydrogen-bond acceptors (Lipinski definition) is 2. The molecule has 0 saturated carbocycles. The quantitative estimate of drug-likeness (QED) is 0.823. The van der Waals surface area contributed by atoms with Gasteiger partial charge in [-0.1, -0.05) is 0 Å². The maximum absolute atomic E-state index is 12.0. The van der Waals surface area contributed by atoms with Crippen LogP contribution in [0.15, 0.2) is 18.2 Å². The number of phenolic OH excluding ortho intramolecular Hbond substituents is 1. The molecule has 3 nitrogen and oxygen atoms in total. The number of benzene rings is 1. The lowest BCUT2D eigenvalue weighted by atomic mass is 10.1. The number of carbonyl (C=O) groups excluding carboxylic acids is 1. The molecule has 0 fully saturated rings. The minimum Gasteiger partial charge on any atom is -0.508 e. The predicted octanol–water partition coefficient (Wildman–Crippen LogP) is 2.40. The zero-order valence-corrected chi connectivity index (χ0v) is 10.3. The number of hydrogen-bond donors (Lipinski definition) is 1. The monoisotopic (exact) mass is 241 g/mol. The Labute approximate surface area is 101 Å². The molecule has 1 aromatic carbocycles. The van der Waals surface area contributed by atoms with Crippen molar-refractivity contribution in [3.8, 4) is 5.75 Å². The van der Waals surface area contributed by atoms with E-state index in [9.17, 15) is 9.90 Å². The third-order valence-corrected chi connectivity index (χ3v) is 2.64. The molecule has 1 aromatic rings. The van der Waals surface area contributed by atoms with Crippen LogP contribution in [0.3, 0.4) is 0 Å². The first-order valence-corrected chi connectivity index (χ1v) is 5.78. The van der Waals surface area contributed by atoms with E-state index < -0.39 is 0 Å². The molecule has 0 saturated heterocycles. The number of halogens is 1. The second kappa shape index (κ2) is 5.75.